The molecule has 1 aromatic heterocycles. The Morgan fingerprint density at radius 3 is 2.65 bits per heavy atom. The number of amides is 2. The van der Waals surface area contributed by atoms with Gasteiger partial charge in [0.2, 0.25) is 5.91 Å². The molecule has 0 bridgehead atoms. The molecular formula is C20H24N2O4. The number of rotatable bonds is 6. The summed E-state index contributed by atoms with van der Waals surface area (Å²) >= 11 is 0. The Labute approximate surface area is 153 Å². The average Bonchev–Trinajstić information content (AvgIpc) is 3.21. The molecule has 2 amide bonds. The fourth-order valence-electron chi connectivity index (χ4n) is 3.23. The van der Waals surface area contributed by atoms with Crippen LogP contribution in [0.1, 0.15) is 34.5 Å². The van der Waals surface area contributed by atoms with Crippen molar-refractivity contribution in [3.63, 3.8) is 0 Å². The largest absolute Gasteiger partial charge is 0.459 e. The van der Waals surface area contributed by atoms with Crippen LogP contribution < -0.4 is 5.32 Å². The number of furan rings is 1. The van der Waals surface area contributed by atoms with E-state index in [9.17, 15) is 9.59 Å². The van der Waals surface area contributed by atoms with E-state index in [1.807, 2.05) is 24.3 Å². The molecule has 2 aromatic rings. The first-order valence-electron chi connectivity index (χ1n) is 8.84. The predicted octanol–water partition coefficient (Wildman–Crippen LogP) is 2.59. The lowest BCUT2D eigenvalue weighted by atomic mass is 9.95. The summed E-state index contributed by atoms with van der Waals surface area (Å²) in [6.45, 7) is 2.20. The number of likely N-dealkylation sites (tertiary alicyclic amines) is 1. The Balaban J connectivity index is 1.46. The number of hydrogen-bond donors (Lipinski definition) is 1. The van der Waals surface area contributed by atoms with E-state index < -0.39 is 0 Å². The minimum Gasteiger partial charge on any atom is -0.459 e. The van der Waals surface area contributed by atoms with Crippen molar-refractivity contribution >= 4 is 11.8 Å². The summed E-state index contributed by atoms with van der Waals surface area (Å²) in [6, 6.07) is 11.4. The summed E-state index contributed by atoms with van der Waals surface area (Å²) in [7, 11) is 1.66. The number of methoxy groups -OCH3 is 1. The van der Waals surface area contributed by atoms with E-state index in [4.69, 9.17) is 9.15 Å². The molecule has 1 fully saturated rings. The molecule has 0 aliphatic carbocycles. The first-order valence-corrected chi connectivity index (χ1v) is 8.84. The van der Waals surface area contributed by atoms with Crippen molar-refractivity contribution in [2.45, 2.75) is 26.0 Å². The number of hydrogen-bond acceptors (Lipinski definition) is 4. The highest BCUT2D eigenvalue weighted by Gasteiger charge is 2.28. The molecule has 138 valence electrons. The lowest BCUT2D eigenvalue weighted by Gasteiger charge is -2.30. The molecular weight excluding hydrogens is 332 g/mol. The molecule has 0 unspecified atom stereocenters. The van der Waals surface area contributed by atoms with Gasteiger partial charge in [-0.05, 0) is 36.1 Å². The number of carbonyl (C=O) groups is 2. The summed E-state index contributed by atoms with van der Waals surface area (Å²) < 4.78 is 10.3. The van der Waals surface area contributed by atoms with Crippen LogP contribution in [0.5, 0.6) is 0 Å². The first-order chi connectivity index (χ1) is 12.7. The zero-order chi connectivity index (χ0) is 18.4. The van der Waals surface area contributed by atoms with Gasteiger partial charge in [-0.2, -0.15) is 0 Å². The SMILES string of the molecule is COCc1cccc(CNC(=O)C2CCN(C(=O)c3ccco3)CC2)c1. The molecule has 1 aliphatic rings. The first kappa shape index (κ1) is 18.2. The molecule has 6 heteroatoms. The minimum atomic E-state index is -0.108. The van der Waals surface area contributed by atoms with Crippen LogP contribution in [0.4, 0.5) is 0 Å². The minimum absolute atomic E-state index is 0.0484. The highest BCUT2D eigenvalue weighted by atomic mass is 16.5. The van der Waals surface area contributed by atoms with Crippen molar-refractivity contribution in [2.75, 3.05) is 20.2 Å². The summed E-state index contributed by atoms with van der Waals surface area (Å²) in [5.74, 6) is 0.234. The third-order valence-corrected chi connectivity index (χ3v) is 4.65. The van der Waals surface area contributed by atoms with E-state index in [0.29, 0.717) is 44.8 Å². The van der Waals surface area contributed by atoms with Crippen LogP contribution >= 0.6 is 0 Å². The van der Waals surface area contributed by atoms with Gasteiger partial charge in [0.05, 0.1) is 12.9 Å². The molecule has 0 radical (unpaired) electrons. The number of benzene rings is 1. The highest BCUT2D eigenvalue weighted by Crippen LogP contribution is 2.19. The van der Waals surface area contributed by atoms with Gasteiger partial charge in [0.1, 0.15) is 0 Å². The zero-order valence-electron chi connectivity index (χ0n) is 14.9. The summed E-state index contributed by atoms with van der Waals surface area (Å²) in [6.07, 6.45) is 2.83. The van der Waals surface area contributed by atoms with Crippen molar-refractivity contribution < 1.29 is 18.7 Å². The van der Waals surface area contributed by atoms with Gasteiger partial charge in [-0.25, -0.2) is 0 Å². The smallest absolute Gasteiger partial charge is 0.289 e. The van der Waals surface area contributed by atoms with Crippen LogP contribution in [0.15, 0.2) is 47.1 Å². The molecule has 1 aromatic carbocycles. The zero-order valence-corrected chi connectivity index (χ0v) is 14.9. The standard InChI is InChI=1S/C20H24N2O4/c1-25-14-16-5-2-4-15(12-16)13-21-19(23)17-7-9-22(10-8-17)20(24)18-6-3-11-26-18/h2-6,11-12,17H,7-10,13-14H2,1H3,(H,21,23). The van der Waals surface area contributed by atoms with Gasteiger partial charge in [-0.15, -0.1) is 0 Å². The van der Waals surface area contributed by atoms with Crippen LogP contribution in [0, 0.1) is 5.92 Å². The maximum absolute atomic E-state index is 12.4. The Hall–Kier alpha value is -2.60. The van der Waals surface area contributed by atoms with E-state index in [1.54, 1.807) is 24.1 Å². The lowest BCUT2D eigenvalue weighted by Crippen LogP contribution is -2.42. The molecule has 0 atom stereocenters. The van der Waals surface area contributed by atoms with Gasteiger partial charge in [-0.3, -0.25) is 9.59 Å². The van der Waals surface area contributed by atoms with Crippen molar-refractivity contribution in [3.05, 3.63) is 59.5 Å². The van der Waals surface area contributed by atoms with Crippen molar-refractivity contribution in [2.24, 2.45) is 5.92 Å². The van der Waals surface area contributed by atoms with E-state index in [2.05, 4.69) is 5.32 Å². The number of carbonyl (C=O) groups excluding carboxylic acids is 2. The molecule has 6 nitrogen and oxygen atoms in total. The predicted molar refractivity (Wildman–Crippen MR) is 96.3 cm³/mol. The van der Waals surface area contributed by atoms with Gasteiger partial charge < -0.3 is 19.4 Å². The van der Waals surface area contributed by atoms with Crippen molar-refractivity contribution in [1.82, 2.24) is 10.2 Å². The maximum atomic E-state index is 12.4. The molecule has 2 heterocycles. The third-order valence-electron chi connectivity index (χ3n) is 4.65. The molecule has 1 aliphatic heterocycles. The second kappa shape index (κ2) is 8.67. The van der Waals surface area contributed by atoms with Crippen LogP contribution in [0.3, 0.4) is 0 Å². The second-order valence-corrected chi connectivity index (χ2v) is 6.51. The molecule has 3 rings (SSSR count). The lowest BCUT2D eigenvalue weighted by molar-refractivity contribution is -0.126. The van der Waals surface area contributed by atoms with Gasteiger partial charge in [0, 0.05) is 32.7 Å². The molecule has 1 N–H and O–H groups in total. The van der Waals surface area contributed by atoms with Crippen molar-refractivity contribution in [1.29, 1.82) is 0 Å². The molecule has 0 saturated carbocycles. The van der Waals surface area contributed by atoms with Gasteiger partial charge in [0.25, 0.3) is 5.91 Å². The van der Waals surface area contributed by atoms with Crippen molar-refractivity contribution in [3.8, 4) is 0 Å². The summed E-state index contributed by atoms with van der Waals surface area (Å²) in [5, 5.41) is 3.01. The monoisotopic (exact) mass is 356 g/mol. The quantitative estimate of drug-likeness (QED) is 0.864. The average molecular weight is 356 g/mol. The number of ether oxygens (including phenoxy) is 1. The van der Waals surface area contributed by atoms with E-state index >= 15 is 0 Å². The van der Waals surface area contributed by atoms with Gasteiger partial charge >= 0.3 is 0 Å². The molecule has 26 heavy (non-hydrogen) atoms. The number of nitrogens with one attached hydrogen (secondary N) is 1. The third kappa shape index (κ3) is 4.52. The topological polar surface area (TPSA) is 71.8 Å². The van der Waals surface area contributed by atoms with Gasteiger partial charge in [0.15, 0.2) is 5.76 Å². The van der Waals surface area contributed by atoms with E-state index in [1.165, 1.54) is 6.26 Å². The van der Waals surface area contributed by atoms with Crippen LogP contribution in [0.25, 0.3) is 0 Å². The number of piperidine rings is 1. The van der Waals surface area contributed by atoms with Gasteiger partial charge in [-0.1, -0.05) is 24.3 Å². The van der Waals surface area contributed by atoms with Crippen LogP contribution in [-0.2, 0) is 22.7 Å². The Bertz CT molecular complexity index is 734. The van der Waals surface area contributed by atoms with Crippen LogP contribution in [0.2, 0.25) is 0 Å². The normalized spacial score (nSPS) is 15.0. The summed E-state index contributed by atoms with van der Waals surface area (Å²) in [5.41, 5.74) is 2.14. The summed E-state index contributed by atoms with van der Waals surface area (Å²) in [4.78, 5) is 26.4. The molecule has 0 spiro atoms. The molecule has 1 saturated heterocycles. The highest BCUT2D eigenvalue weighted by molar-refractivity contribution is 5.91. The Morgan fingerprint density at radius 2 is 1.96 bits per heavy atom. The Morgan fingerprint density at radius 1 is 1.19 bits per heavy atom. The van der Waals surface area contributed by atoms with Crippen LogP contribution in [-0.4, -0.2) is 36.9 Å². The van der Waals surface area contributed by atoms with E-state index in [0.717, 1.165) is 11.1 Å². The fourth-order valence-corrected chi connectivity index (χ4v) is 3.23. The second-order valence-electron chi connectivity index (χ2n) is 6.51. The number of nitrogens with zero attached hydrogens (tertiary/aromatic N) is 1. The maximum Gasteiger partial charge on any atom is 0.289 e. The fraction of sp³-hybridized carbons (Fsp3) is 0.400. The van der Waals surface area contributed by atoms with E-state index in [-0.39, 0.29) is 17.7 Å². The Kier molecular flexibility index (Phi) is 6.07.